The number of carbonyl (C=O) groups excluding carboxylic acids is 1. The second kappa shape index (κ2) is 9.13. The predicted molar refractivity (Wildman–Crippen MR) is 121 cm³/mol. The molecule has 0 aromatic heterocycles. The minimum atomic E-state index is -0.693. The third-order valence-corrected chi connectivity index (χ3v) is 5.54. The van der Waals surface area contributed by atoms with Gasteiger partial charge in [0.25, 0.3) is 0 Å². The number of ether oxygens (including phenoxy) is 2. The number of ketones is 1. The van der Waals surface area contributed by atoms with Crippen LogP contribution in [0.25, 0.3) is 0 Å². The summed E-state index contributed by atoms with van der Waals surface area (Å²) < 4.78 is 10.5. The van der Waals surface area contributed by atoms with Crippen LogP contribution in [0, 0.1) is 10.1 Å². The number of allylic oxidation sites excluding steroid dienone is 1. The van der Waals surface area contributed by atoms with Crippen LogP contribution in [0.1, 0.15) is 35.8 Å². The van der Waals surface area contributed by atoms with E-state index < -0.39 is 11.0 Å². The Kier molecular flexibility index (Phi) is 6.55. The zero-order valence-corrected chi connectivity index (χ0v) is 18.5. The molecule has 0 aliphatic carbocycles. The summed E-state index contributed by atoms with van der Waals surface area (Å²) in [5.74, 6) is 0.0250. The third kappa shape index (κ3) is 4.09. The number of hydrogen-bond donors (Lipinski definition) is 1. The van der Waals surface area contributed by atoms with E-state index in [1.807, 2.05) is 24.8 Å². The summed E-state index contributed by atoms with van der Waals surface area (Å²) in [6.45, 7) is 4.33. The van der Waals surface area contributed by atoms with Crippen molar-refractivity contribution in [2.24, 2.45) is 0 Å². The lowest BCUT2D eigenvalue weighted by Crippen LogP contribution is -2.47. The Bertz CT molecular complexity index is 1070. The van der Waals surface area contributed by atoms with E-state index in [-0.39, 0.29) is 23.0 Å². The minimum Gasteiger partial charge on any atom is -0.493 e. The highest BCUT2D eigenvalue weighted by Gasteiger charge is 2.35. The van der Waals surface area contributed by atoms with Gasteiger partial charge in [0.2, 0.25) is 5.75 Å². The zero-order chi connectivity index (χ0) is 22.7. The van der Waals surface area contributed by atoms with Crippen molar-refractivity contribution in [3.05, 3.63) is 75.0 Å². The molecule has 0 saturated heterocycles. The first-order valence-electron chi connectivity index (χ1n) is 9.62. The molecule has 1 aliphatic rings. The first-order valence-corrected chi connectivity index (χ1v) is 10.0. The molecule has 2 aromatic rings. The Labute approximate surface area is 185 Å². The third-order valence-electron chi connectivity index (χ3n) is 5.20. The van der Waals surface area contributed by atoms with Gasteiger partial charge in [-0.25, -0.2) is 0 Å². The van der Waals surface area contributed by atoms with Crippen LogP contribution in [0.3, 0.4) is 0 Å². The Morgan fingerprint density at radius 2 is 1.90 bits per heavy atom. The molecule has 0 fully saturated rings. The maximum absolute atomic E-state index is 13.5. The lowest BCUT2D eigenvalue weighted by Gasteiger charge is -2.37. The lowest BCUT2D eigenvalue weighted by atomic mass is 9.88. The normalized spacial score (nSPS) is 16.1. The second-order valence-electron chi connectivity index (χ2n) is 6.85. The Balaban J connectivity index is 2.24. The number of nitro benzene ring substituents is 1. The first-order chi connectivity index (χ1) is 14.8. The zero-order valence-electron chi connectivity index (χ0n) is 17.7. The van der Waals surface area contributed by atoms with Gasteiger partial charge in [-0.1, -0.05) is 30.3 Å². The Morgan fingerprint density at radius 1 is 1.23 bits per heavy atom. The number of thiocarbonyl (C=S) groups is 1. The molecule has 31 heavy (non-hydrogen) atoms. The average Bonchev–Trinajstić information content (AvgIpc) is 2.78. The number of carbonyl (C=O) groups is 1. The minimum absolute atomic E-state index is 0.0152. The fourth-order valence-electron chi connectivity index (χ4n) is 3.72. The molecular weight excluding hydrogens is 418 g/mol. The summed E-state index contributed by atoms with van der Waals surface area (Å²) in [5.41, 5.74) is 1.89. The number of methoxy groups -OCH3 is 2. The number of nitrogens with one attached hydrogen (secondary N) is 1. The highest BCUT2D eigenvalue weighted by atomic mass is 32.1. The molecule has 1 unspecified atom stereocenters. The largest absolute Gasteiger partial charge is 0.493 e. The van der Waals surface area contributed by atoms with Crippen molar-refractivity contribution in [1.29, 1.82) is 0 Å². The second-order valence-corrected chi connectivity index (χ2v) is 7.24. The maximum atomic E-state index is 13.5. The van der Waals surface area contributed by atoms with Crippen molar-refractivity contribution in [3.8, 4) is 11.5 Å². The molecule has 0 radical (unpaired) electrons. The summed E-state index contributed by atoms with van der Waals surface area (Å²) in [4.78, 5) is 26.5. The van der Waals surface area contributed by atoms with Gasteiger partial charge >= 0.3 is 5.69 Å². The van der Waals surface area contributed by atoms with Crippen molar-refractivity contribution in [2.45, 2.75) is 19.9 Å². The SMILES string of the molecule is CCN1C(=S)NC(c2cc(OC)c(OC)c([N+](=O)[O-])c2)C(C(=O)c2ccccc2)=C1C. The van der Waals surface area contributed by atoms with Crippen molar-refractivity contribution < 1.29 is 19.2 Å². The van der Waals surface area contributed by atoms with Gasteiger partial charge in [-0.3, -0.25) is 14.9 Å². The van der Waals surface area contributed by atoms with Gasteiger partial charge in [-0.05, 0) is 37.7 Å². The summed E-state index contributed by atoms with van der Waals surface area (Å²) >= 11 is 5.51. The fraction of sp³-hybridized carbons (Fsp3) is 0.273. The molecular formula is C22H23N3O5S. The highest BCUT2D eigenvalue weighted by molar-refractivity contribution is 7.80. The van der Waals surface area contributed by atoms with E-state index in [4.69, 9.17) is 21.7 Å². The molecule has 2 aromatic carbocycles. The Hall–Kier alpha value is -3.46. The van der Waals surface area contributed by atoms with Gasteiger partial charge in [0.15, 0.2) is 16.6 Å². The molecule has 1 aliphatic heterocycles. The fourth-order valence-corrected chi connectivity index (χ4v) is 4.10. The lowest BCUT2D eigenvalue weighted by molar-refractivity contribution is -0.385. The molecule has 0 amide bonds. The van der Waals surface area contributed by atoms with Crippen molar-refractivity contribution in [1.82, 2.24) is 10.2 Å². The topological polar surface area (TPSA) is 93.9 Å². The van der Waals surface area contributed by atoms with E-state index in [0.29, 0.717) is 34.1 Å². The average molecular weight is 442 g/mol. The monoisotopic (exact) mass is 441 g/mol. The van der Waals surface area contributed by atoms with Crippen LogP contribution in [0.5, 0.6) is 11.5 Å². The van der Waals surface area contributed by atoms with Crippen LogP contribution >= 0.6 is 12.2 Å². The number of nitrogens with zero attached hydrogens (tertiary/aromatic N) is 2. The van der Waals surface area contributed by atoms with Crippen molar-refractivity contribution in [2.75, 3.05) is 20.8 Å². The Morgan fingerprint density at radius 3 is 2.45 bits per heavy atom. The summed E-state index contributed by atoms with van der Waals surface area (Å²) in [6, 6.07) is 11.2. The van der Waals surface area contributed by atoms with Crippen LogP contribution in [-0.2, 0) is 0 Å². The molecule has 8 nitrogen and oxygen atoms in total. The van der Waals surface area contributed by atoms with Gasteiger partial charge in [0.1, 0.15) is 0 Å². The van der Waals surface area contributed by atoms with E-state index >= 15 is 0 Å². The van der Waals surface area contributed by atoms with Gasteiger partial charge in [-0.2, -0.15) is 0 Å². The number of Topliss-reactive ketones (excluding diaryl/α,β-unsaturated/α-hetero) is 1. The molecule has 162 valence electrons. The van der Waals surface area contributed by atoms with E-state index in [9.17, 15) is 14.9 Å². The predicted octanol–water partition coefficient (Wildman–Crippen LogP) is 4.02. The first kappa shape index (κ1) is 22.2. The van der Waals surface area contributed by atoms with Crippen molar-refractivity contribution in [3.63, 3.8) is 0 Å². The number of nitro groups is 1. The molecule has 1 N–H and O–H groups in total. The summed E-state index contributed by atoms with van der Waals surface area (Å²) in [7, 11) is 2.74. The summed E-state index contributed by atoms with van der Waals surface area (Å²) in [5, 5.41) is 15.3. The van der Waals surface area contributed by atoms with Crippen LogP contribution in [0.2, 0.25) is 0 Å². The van der Waals surface area contributed by atoms with Crippen LogP contribution < -0.4 is 14.8 Å². The maximum Gasteiger partial charge on any atom is 0.315 e. The molecule has 3 rings (SSSR count). The highest BCUT2D eigenvalue weighted by Crippen LogP contribution is 2.42. The van der Waals surface area contributed by atoms with Crippen LogP contribution in [0.4, 0.5) is 5.69 Å². The van der Waals surface area contributed by atoms with E-state index in [1.54, 1.807) is 30.3 Å². The molecule has 0 spiro atoms. The molecule has 1 atom stereocenters. The van der Waals surface area contributed by atoms with E-state index in [1.165, 1.54) is 20.3 Å². The molecule has 0 saturated carbocycles. The smallest absolute Gasteiger partial charge is 0.315 e. The van der Waals surface area contributed by atoms with Gasteiger partial charge < -0.3 is 19.7 Å². The molecule has 0 bridgehead atoms. The quantitative estimate of drug-likeness (QED) is 0.298. The number of benzene rings is 2. The standard InChI is InChI=1S/C22H23N3O5S/c1-5-24-13(2)18(20(26)14-9-7-6-8-10-14)19(23-22(24)31)15-11-16(25(27)28)21(30-4)17(12-15)29-3/h6-12,19H,5H2,1-4H3,(H,23,31). The van der Waals surface area contributed by atoms with Crippen molar-refractivity contribution >= 4 is 28.8 Å². The van der Waals surface area contributed by atoms with Crippen LogP contribution in [-0.4, -0.2) is 41.5 Å². The number of hydrogen-bond acceptors (Lipinski definition) is 6. The van der Waals surface area contributed by atoms with Gasteiger partial charge in [0.05, 0.1) is 25.2 Å². The molecule has 9 heteroatoms. The van der Waals surface area contributed by atoms with Gasteiger partial charge in [-0.15, -0.1) is 0 Å². The van der Waals surface area contributed by atoms with Crippen LogP contribution in [0.15, 0.2) is 53.7 Å². The molecule has 1 heterocycles. The number of rotatable bonds is 7. The van der Waals surface area contributed by atoms with E-state index in [0.717, 1.165) is 0 Å². The van der Waals surface area contributed by atoms with E-state index in [2.05, 4.69) is 5.32 Å². The van der Waals surface area contributed by atoms with Gasteiger partial charge in [0, 0.05) is 29.4 Å². The summed E-state index contributed by atoms with van der Waals surface area (Å²) in [6.07, 6.45) is 0.